The van der Waals surface area contributed by atoms with Gasteiger partial charge in [-0.25, -0.2) is 0 Å². The number of nitrogens with one attached hydrogen (secondary N) is 1. The summed E-state index contributed by atoms with van der Waals surface area (Å²) in [6.45, 7) is 6.20. The lowest BCUT2D eigenvalue weighted by molar-refractivity contribution is -0.123. The minimum atomic E-state index is -0.0737. The average Bonchev–Trinajstić information content (AvgIpc) is 2.76. The lowest BCUT2D eigenvalue weighted by Crippen LogP contribution is -2.44. The van der Waals surface area contributed by atoms with Crippen molar-refractivity contribution in [1.29, 1.82) is 0 Å². The fourth-order valence-corrected chi connectivity index (χ4v) is 3.70. The zero-order valence-electron chi connectivity index (χ0n) is 15.2. The van der Waals surface area contributed by atoms with Gasteiger partial charge in [-0.05, 0) is 56.3 Å². The molecule has 2 heterocycles. The summed E-state index contributed by atoms with van der Waals surface area (Å²) in [5.74, 6) is 0.792. The molecule has 2 aliphatic heterocycles. The van der Waals surface area contributed by atoms with Crippen LogP contribution in [0.3, 0.4) is 0 Å². The number of amides is 2. The molecular weight excluding hydrogens is 314 g/mol. The molecule has 1 aromatic rings. The van der Waals surface area contributed by atoms with Crippen molar-refractivity contribution in [2.75, 3.05) is 37.6 Å². The summed E-state index contributed by atoms with van der Waals surface area (Å²) in [6, 6.07) is 7.92. The van der Waals surface area contributed by atoms with Crippen molar-refractivity contribution in [3.05, 3.63) is 29.8 Å². The highest BCUT2D eigenvalue weighted by Crippen LogP contribution is 2.26. The first-order valence-electron chi connectivity index (χ1n) is 9.51. The summed E-state index contributed by atoms with van der Waals surface area (Å²) in [5.41, 5.74) is 2.05. The Bertz CT molecular complexity index is 609. The summed E-state index contributed by atoms with van der Waals surface area (Å²) in [4.78, 5) is 28.8. The summed E-state index contributed by atoms with van der Waals surface area (Å²) in [5, 5.41) is 2.99. The molecule has 0 aromatic heterocycles. The fraction of sp³-hybridized carbons (Fsp3) is 0.600. The molecule has 2 aliphatic rings. The van der Waals surface area contributed by atoms with Gasteiger partial charge < -0.3 is 15.1 Å². The van der Waals surface area contributed by atoms with Gasteiger partial charge in [0.25, 0.3) is 0 Å². The Hall–Kier alpha value is -1.88. The van der Waals surface area contributed by atoms with E-state index in [0.717, 1.165) is 49.6 Å². The van der Waals surface area contributed by atoms with Crippen molar-refractivity contribution in [2.24, 2.45) is 5.92 Å². The molecule has 0 radical (unpaired) electrons. The molecule has 0 bridgehead atoms. The first-order valence-corrected chi connectivity index (χ1v) is 9.51. The normalized spacial score (nSPS) is 19.4. The van der Waals surface area contributed by atoms with E-state index in [-0.39, 0.29) is 18.4 Å². The zero-order valence-corrected chi connectivity index (χ0v) is 15.2. The van der Waals surface area contributed by atoms with Crippen molar-refractivity contribution in [2.45, 2.75) is 39.0 Å². The van der Waals surface area contributed by atoms with E-state index in [1.165, 1.54) is 12.8 Å². The van der Waals surface area contributed by atoms with Gasteiger partial charge in [-0.3, -0.25) is 9.59 Å². The van der Waals surface area contributed by atoms with Crippen LogP contribution in [-0.4, -0.2) is 49.4 Å². The second-order valence-electron chi connectivity index (χ2n) is 7.34. The SMILES string of the molecule is CC1CCN(CCNC(=O)CN2C(=O)CCCc3ccccc32)CC1. The largest absolute Gasteiger partial charge is 0.353 e. The van der Waals surface area contributed by atoms with E-state index >= 15 is 0 Å². The third-order valence-electron chi connectivity index (χ3n) is 5.35. The van der Waals surface area contributed by atoms with Gasteiger partial charge in [-0.15, -0.1) is 0 Å². The number of carbonyl (C=O) groups is 2. The van der Waals surface area contributed by atoms with Gasteiger partial charge in [0.2, 0.25) is 11.8 Å². The Morgan fingerprint density at radius 1 is 1.20 bits per heavy atom. The Kier molecular flexibility index (Phi) is 6.08. The zero-order chi connectivity index (χ0) is 17.6. The number of likely N-dealkylation sites (tertiary alicyclic amines) is 1. The molecule has 2 amide bonds. The van der Waals surface area contributed by atoms with Crippen LogP contribution in [-0.2, 0) is 16.0 Å². The minimum absolute atomic E-state index is 0.0464. The summed E-state index contributed by atoms with van der Waals surface area (Å²) in [6.07, 6.45) is 4.74. The highest BCUT2D eigenvalue weighted by Gasteiger charge is 2.24. The van der Waals surface area contributed by atoms with Crippen molar-refractivity contribution < 1.29 is 9.59 Å². The number of para-hydroxylation sites is 1. The van der Waals surface area contributed by atoms with Crippen LogP contribution in [0.2, 0.25) is 0 Å². The molecule has 0 spiro atoms. The number of piperidine rings is 1. The van der Waals surface area contributed by atoms with Crippen LogP contribution in [0.4, 0.5) is 5.69 Å². The highest BCUT2D eigenvalue weighted by molar-refractivity contribution is 5.99. The molecule has 3 rings (SSSR count). The van der Waals surface area contributed by atoms with Gasteiger partial charge in [0.1, 0.15) is 6.54 Å². The molecule has 0 aliphatic carbocycles. The number of anilines is 1. The van der Waals surface area contributed by atoms with Crippen molar-refractivity contribution in [1.82, 2.24) is 10.2 Å². The molecular formula is C20H29N3O2. The van der Waals surface area contributed by atoms with Crippen LogP contribution in [0.5, 0.6) is 0 Å². The molecule has 5 heteroatoms. The summed E-state index contributed by atoms with van der Waals surface area (Å²) < 4.78 is 0. The van der Waals surface area contributed by atoms with Crippen LogP contribution >= 0.6 is 0 Å². The maximum absolute atomic E-state index is 12.4. The molecule has 1 fully saturated rings. The van der Waals surface area contributed by atoms with E-state index in [9.17, 15) is 9.59 Å². The maximum Gasteiger partial charge on any atom is 0.240 e. The van der Waals surface area contributed by atoms with E-state index in [4.69, 9.17) is 0 Å². The molecule has 25 heavy (non-hydrogen) atoms. The van der Waals surface area contributed by atoms with Crippen molar-refractivity contribution in [3.8, 4) is 0 Å². The highest BCUT2D eigenvalue weighted by atomic mass is 16.2. The Morgan fingerprint density at radius 3 is 2.76 bits per heavy atom. The van der Waals surface area contributed by atoms with Crippen molar-refractivity contribution in [3.63, 3.8) is 0 Å². The Morgan fingerprint density at radius 2 is 1.96 bits per heavy atom. The lowest BCUT2D eigenvalue weighted by atomic mass is 9.99. The third kappa shape index (κ3) is 4.82. The first kappa shape index (κ1) is 17.9. The van der Waals surface area contributed by atoms with E-state index < -0.39 is 0 Å². The third-order valence-corrected chi connectivity index (χ3v) is 5.35. The topological polar surface area (TPSA) is 52.7 Å². The fourth-order valence-electron chi connectivity index (χ4n) is 3.70. The first-order chi connectivity index (χ1) is 12.1. The standard InChI is InChI=1S/C20H29N3O2/c1-16-9-12-22(13-10-16)14-11-21-19(24)15-23-18-7-3-2-5-17(18)6-4-8-20(23)25/h2-3,5,7,16H,4,6,8-15H2,1H3,(H,21,24). The minimum Gasteiger partial charge on any atom is -0.353 e. The molecule has 1 N–H and O–H groups in total. The number of aryl methyl sites for hydroxylation is 1. The van der Waals surface area contributed by atoms with Crippen LogP contribution in [0.15, 0.2) is 24.3 Å². The summed E-state index contributed by atoms with van der Waals surface area (Å²) >= 11 is 0. The van der Waals surface area contributed by atoms with Crippen LogP contribution in [0.1, 0.15) is 38.2 Å². The number of carbonyl (C=O) groups excluding carboxylic acids is 2. The van der Waals surface area contributed by atoms with Gasteiger partial charge in [0.05, 0.1) is 0 Å². The van der Waals surface area contributed by atoms with Gasteiger partial charge in [-0.1, -0.05) is 25.1 Å². The van der Waals surface area contributed by atoms with E-state index in [1.54, 1.807) is 4.90 Å². The number of nitrogens with zero attached hydrogens (tertiary/aromatic N) is 2. The molecule has 136 valence electrons. The van der Waals surface area contributed by atoms with E-state index in [2.05, 4.69) is 23.2 Å². The number of hydrogen-bond acceptors (Lipinski definition) is 3. The number of hydrogen-bond donors (Lipinski definition) is 1. The van der Waals surface area contributed by atoms with Crippen LogP contribution in [0, 0.1) is 5.92 Å². The summed E-state index contributed by atoms with van der Waals surface area (Å²) in [7, 11) is 0. The molecule has 5 nitrogen and oxygen atoms in total. The molecule has 0 atom stereocenters. The lowest BCUT2D eigenvalue weighted by Gasteiger charge is -2.30. The Labute approximate surface area is 150 Å². The molecule has 0 unspecified atom stereocenters. The predicted octanol–water partition coefficient (Wildman–Crippen LogP) is 2.20. The monoisotopic (exact) mass is 343 g/mol. The average molecular weight is 343 g/mol. The van der Waals surface area contributed by atoms with Crippen LogP contribution < -0.4 is 10.2 Å². The molecule has 0 saturated carbocycles. The van der Waals surface area contributed by atoms with Gasteiger partial charge >= 0.3 is 0 Å². The van der Waals surface area contributed by atoms with Gasteiger partial charge in [-0.2, -0.15) is 0 Å². The number of benzene rings is 1. The molecule has 1 aromatic carbocycles. The van der Waals surface area contributed by atoms with Crippen molar-refractivity contribution >= 4 is 17.5 Å². The second-order valence-corrected chi connectivity index (χ2v) is 7.34. The van der Waals surface area contributed by atoms with Gasteiger partial charge in [0, 0.05) is 25.2 Å². The number of rotatable bonds is 5. The smallest absolute Gasteiger partial charge is 0.240 e. The molecule has 1 saturated heterocycles. The maximum atomic E-state index is 12.4. The van der Waals surface area contributed by atoms with E-state index in [0.29, 0.717) is 13.0 Å². The number of fused-ring (bicyclic) bond motifs is 1. The van der Waals surface area contributed by atoms with Gasteiger partial charge in [0.15, 0.2) is 0 Å². The predicted molar refractivity (Wildman–Crippen MR) is 99.6 cm³/mol. The van der Waals surface area contributed by atoms with E-state index in [1.807, 2.05) is 18.2 Å². The quantitative estimate of drug-likeness (QED) is 0.892. The van der Waals surface area contributed by atoms with Crippen LogP contribution in [0.25, 0.3) is 0 Å². The second kappa shape index (κ2) is 8.48. The Balaban J connectivity index is 1.51.